The van der Waals surface area contributed by atoms with E-state index in [0.717, 1.165) is 11.3 Å². The van der Waals surface area contributed by atoms with E-state index in [4.69, 9.17) is 0 Å². The van der Waals surface area contributed by atoms with E-state index in [2.05, 4.69) is 4.90 Å². The Morgan fingerprint density at radius 2 is 1.86 bits per heavy atom. The molecule has 21 heavy (non-hydrogen) atoms. The van der Waals surface area contributed by atoms with Crippen LogP contribution in [0.2, 0.25) is 0 Å². The average molecular weight is 332 g/mol. The Hall–Kier alpha value is -0.960. The zero-order chi connectivity index (χ0) is 15.9. The van der Waals surface area contributed by atoms with E-state index in [-0.39, 0.29) is 21.9 Å². The Morgan fingerprint density at radius 3 is 2.33 bits per heavy atom. The van der Waals surface area contributed by atoms with Crippen LogP contribution in [0.1, 0.15) is 29.1 Å². The lowest BCUT2D eigenvalue weighted by Crippen LogP contribution is -2.56. The van der Waals surface area contributed by atoms with Crippen molar-refractivity contribution in [3.8, 4) is 0 Å². The molecule has 6 nitrogen and oxygen atoms in total. The molecule has 0 spiro atoms. The first-order valence-electron chi connectivity index (χ1n) is 6.69. The fourth-order valence-corrected chi connectivity index (χ4v) is 5.77. The van der Waals surface area contributed by atoms with Gasteiger partial charge in [0, 0.05) is 25.2 Å². The summed E-state index contributed by atoms with van der Waals surface area (Å²) in [6, 6.07) is 0.187. The maximum absolute atomic E-state index is 12.8. The molecule has 8 heteroatoms. The molecule has 2 unspecified atom stereocenters. The van der Waals surface area contributed by atoms with Gasteiger partial charge in [-0.05, 0) is 38.8 Å². The second-order valence-corrected chi connectivity index (χ2v) is 8.32. The number of piperazine rings is 1. The minimum atomic E-state index is -3.78. The van der Waals surface area contributed by atoms with Crippen molar-refractivity contribution in [1.82, 2.24) is 9.21 Å². The second-order valence-electron chi connectivity index (χ2n) is 5.57. The lowest BCUT2D eigenvalue weighted by Gasteiger charge is -2.41. The van der Waals surface area contributed by atoms with Crippen LogP contribution in [0.15, 0.2) is 10.3 Å². The predicted octanol–water partition coefficient (Wildman–Crippen LogP) is 1.47. The fraction of sp³-hybridized carbons (Fsp3) is 0.615. The van der Waals surface area contributed by atoms with Gasteiger partial charge in [-0.25, -0.2) is 13.2 Å². The Labute approximate surface area is 129 Å². The number of aryl methyl sites for hydroxylation is 1. The van der Waals surface area contributed by atoms with Crippen LogP contribution in [0.3, 0.4) is 0 Å². The normalized spacial score (nSPS) is 25.1. The molecule has 2 heterocycles. The Bertz CT molecular complexity index is 641. The number of thiophene rings is 1. The molecule has 1 fully saturated rings. The van der Waals surface area contributed by atoms with Crippen molar-refractivity contribution in [2.24, 2.45) is 0 Å². The third-order valence-electron chi connectivity index (χ3n) is 4.04. The summed E-state index contributed by atoms with van der Waals surface area (Å²) in [6.45, 7) is 6.32. The fourth-order valence-electron chi connectivity index (χ4n) is 2.58. The van der Waals surface area contributed by atoms with Crippen molar-refractivity contribution in [3.05, 3.63) is 15.8 Å². The van der Waals surface area contributed by atoms with Gasteiger partial charge in [0.15, 0.2) is 0 Å². The SMILES string of the molecule is Cc1csc(C(=O)O)c1S(=O)(=O)N1CC(C)N(C)C(C)C1. The van der Waals surface area contributed by atoms with Gasteiger partial charge in [-0.1, -0.05) is 0 Å². The highest BCUT2D eigenvalue weighted by molar-refractivity contribution is 7.89. The summed E-state index contributed by atoms with van der Waals surface area (Å²) >= 11 is 0.961. The number of aromatic carboxylic acids is 1. The summed E-state index contributed by atoms with van der Waals surface area (Å²) < 4.78 is 27.1. The molecule has 1 aliphatic rings. The molecule has 1 N–H and O–H groups in total. The Balaban J connectivity index is 2.44. The molecule has 0 radical (unpaired) electrons. The highest BCUT2D eigenvalue weighted by Gasteiger charge is 2.37. The molecule has 0 bridgehead atoms. The highest BCUT2D eigenvalue weighted by Crippen LogP contribution is 2.31. The average Bonchev–Trinajstić information content (AvgIpc) is 2.78. The van der Waals surface area contributed by atoms with E-state index in [1.54, 1.807) is 12.3 Å². The maximum Gasteiger partial charge on any atom is 0.347 e. The zero-order valence-corrected chi connectivity index (χ0v) is 14.2. The maximum atomic E-state index is 12.8. The van der Waals surface area contributed by atoms with Crippen LogP contribution in [0.4, 0.5) is 0 Å². The van der Waals surface area contributed by atoms with Gasteiger partial charge in [-0.2, -0.15) is 4.31 Å². The first-order valence-corrected chi connectivity index (χ1v) is 9.01. The number of sulfonamides is 1. The summed E-state index contributed by atoms with van der Waals surface area (Å²) in [5.74, 6) is -1.19. The van der Waals surface area contributed by atoms with Gasteiger partial charge in [-0.3, -0.25) is 4.90 Å². The van der Waals surface area contributed by atoms with Crippen LogP contribution in [0.5, 0.6) is 0 Å². The third-order valence-corrected chi connectivity index (χ3v) is 7.27. The number of nitrogens with zero attached hydrogens (tertiary/aromatic N) is 2. The third kappa shape index (κ3) is 2.85. The van der Waals surface area contributed by atoms with E-state index in [1.165, 1.54) is 4.31 Å². The minimum Gasteiger partial charge on any atom is -0.477 e. The van der Waals surface area contributed by atoms with Gasteiger partial charge in [0.1, 0.15) is 9.77 Å². The van der Waals surface area contributed by atoms with Crippen LogP contribution in [0.25, 0.3) is 0 Å². The Morgan fingerprint density at radius 1 is 1.33 bits per heavy atom. The smallest absolute Gasteiger partial charge is 0.347 e. The van der Waals surface area contributed by atoms with Gasteiger partial charge in [-0.15, -0.1) is 11.3 Å². The first-order chi connectivity index (χ1) is 9.66. The van der Waals surface area contributed by atoms with Crippen molar-refractivity contribution in [2.45, 2.75) is 37.8 Å². The summed E-state index contributed by atoms with van der Waals surface area (Å²) in [5.41, 5.74) is 0.497. The van der Waals surface area contributed by atoms with Crippen molar-refractivity contribution >= 4 is 27.3 Å². The number of likely N-dealkylation sites (N-methyl/N-ethyl adjacent to an activating group) is 1. The van der Waals surface area contributed by atoms with Crippen LogP contribution in [-0.2, 0) is 10.0 Å². The summed E-state index contributed by atoms with van der Waals surface area (Å²) in [5, 5.41) is 10.8. The van der Waals surface area contributed by atoms with Crippen molar-refractivity contribution in [2.75, 3.05) is 20.1 Å². The lowest BCUT2D eigenvalue weighted by molar-refractivity contribution is 0.0697. The zero-order valence-electron chi connectivity index (χ0n) is 12.5. The number of carbonyl (C=O) groups is 1. The van der Waals surface area contributed by atoms with E-state index >= 15 is 0 Å². The number of carboxylic acid groups (broad SMARTS) is 1. The van der Waals surface area contributed by atoms with Crippen molar-refractivity contribution < 1.29 is 18.3 Å². The number of carboxylic acids is 1. The standard InChI is InChI=1S/C13H20N2O4S2/c1-8-7-20-11(13(16)17)12(8)21(18,19)15-5-9(2)14(4)10(3)6-15/h7,9-10H,5-6H2,1-4H3,(H,16,17). The van der Waals surface area contributed by atoms with Gasteiger partial charge in [0.25, 0.3) is 0 Å². The van der Waals surface area contributed by atoms with Crippen LogP contribution in [-0.4, -0.2) is 60.9 Å². The molecule has 1 aliphatic heterocycles. The van der Waals surface area contributed by atoms with E-state index in [0.29, 0.717) is 18.7 Å². The largest absolute Gasteiger partial charge is 0.477 e. The van der Waals surface area contributed by atoms with Crippen LogP contribution >= 0.6 is 11.3 Å². The number of hydrogen-bond donors (Lipinski definition) is 1. The van der Waals surface area contributed by atoms with Crippen LogP contribution in [0, 0.1) is 6.92 Å². The molecule has 1 aromatic heterocycles. The van der Waals surface area contributed by atoms with Gasteiger partial charge < -0.3 is 5.11 Å². The number of hydrogen-bond acceptors (Lipinski definition) is 5. The molecule has 2 atom stereocenters. The molecular weight excluding hydrogens is 312 g/mol. The topological polar surface area (TPSA) is 77.9 Å². The molecular formula is C13H20N2O4S2. The van der Waals surface area contributed by atoms with Gasteiger partial charge >= 0.3 is 5.97 Å². The van der Waals surface area contributed by atoms with E-state index in [9.17, 15) is 18.3 Å². The highest BCUT2D eigenvalue weighted by atomic mass is 32.2. The molecule has 0 aromatic carbocycles. The molecule has 1 saturated heterocycles. The van der Waals surface area contributed by atoms with Crippen molar-refractivity contribution in [3.63, 3.8) is 0 Å². The Kier molecular flexibility index (Phi) is 4.44. The van der Waals surface area contributed by atoms with Crippen LogP contribution < -0.4 is 0 Å². The first kappa shape index (κ1) is 16.4. The van der Waals surface area contributed by atoms with Crippen molar-refractivity contribution in [1.29, 1.82) is 0 Å². The summed E-state index contributed by atoms with van der Waals surface area (Å²) in [6.07, 6.45) is 0. The minimum absolute atomic E-state index is 0.0519. The number of rotatable bonds is 3. The molecule has 2 rings (SSSR count). The molecule has 0 saturated carbocycles. The molecule has 0 aliphatic carbocycles. The summed E-state index contributed by atoms with van der Waals surface area (Å²) in [7, 11) is -1.81. The summed E-state index contributed by atoms with van der Waals surface area (Å²) in [4.78, 5) is 13.2. The van der Waals surface area contributed by atoms with Gasteiger partial charge in [0.05, 0.1) is 0 Å². The monoisotopic (exact) mass is 332 g/mol. The van der Waals surface area contributed by atoms with E-state index in [1.807, 2.05) is 20.9 Å². The molecule has 118 valence electrons. The lowest BCUT2D eigenvalue weighted by atomic mass is 10.1. The molecule has 1 aromatic rings. The quantitative estimate of drug-likeness (QED) is 0.907. The van der Waals surface area contributed by atoms with E-state index < -0.39 is 16.0 Å². The predicted molar refractivity (Wildman–Crippen MR) is 81.5 cm³/mol. The molecule has 0 amide bonds. The second kappa shape index (κ2) is 5.68. The van der Waals surface area contributed by atoms with Gasteiger partial charge in [0.2, 0.25) is 10.0 Å².